The zero-order valence-electron chi connectivity index (χ0n) is 11.9. The van der Waals surface area contributed by atoms with Crippen LogP contribution in [0.1, 0.15) is 5.56 Å². The van der Waals surface area contributed by atoms with Gasteiger partial charge in [0, 0.05) is 11.6 Å². The van der Waals surface area contributed by atoms with E-state index in [0.29, 0.717) is 22.6 Å². The van der Waals surface area contributed by atoms with Crippen LogP contribution < -0.4 is 9.47 Å². The Labute approximate surface area is 122 Å². The second kappa shape index (κ2) is 5.50. The topological polar surface area (TPSA) is 51.8 Å². The normalized spacial score (nSPS) is 10.8. The Balaban J connectivity index is 2.35. The largest absolute Gasteiger partial charge is 0.496 e. The fourth-order valence-corrected chi connectivity index (χ4v) is 2.54. The minimum absolute atomic E-state index is 0.161. The van der Waals surface area contributed by atoms with Gasteiger partial charge in [-0.1, -0.05) is 30.3 Å². The van der Waals surface area contributed by atoms with E-state index < -0.39 is 0 Å². The molecule has 0 saturated carbocycles. The molecule has 0 spiro atoms. The number of aliphatic hydroxyl groups excluding tert-OH is 1. The molecule has 0 unspecified atom stereocenters. The lowest BCUT2D eigenvalue weighted by Gasteiger charge is -2.11. The second-order valence-corrected chi connectivity index (χ2v) is 4.64. The maximum Gasteiger partial charge on any atom is 0.147 e. The van der Waals surface area contributed by atoms with Gasteiger partial charge in [-0.2, -0.15) is 0 Å². The third kappa shape index (κ3) is 2.14. The van der Waals surface area contributed by atoms with Crippen LogP contribution >= 0.6 is 0 Å². The highest BCUT2D eigenvalue weighted by atomic mass is 16.5. The number of hydrogen-bond donors (Lipinski definition) is 1. The molecule has 0 saturated heterocycles. The number of furan rings is 1. The molecule has 2 aromatic carbocycles. The van der Waals surface area contributed by atoms with Gasteiger partial charge in [-0.3, -0.25) is 0 Å². The second-order valence-electron chi connectivity index (χ2n) is 4.64. The van der Waals surface area contributed by atoms with Gasteiger partial charge in [-0.05, 0) is 5.56 Å². The summed E-state index contributed by atoms with van der Waals surface area (Å²) in [6.07, 6.45) is 1.68. The predicted molar refractivity (Wildman–Crippen MR) is 80.7 cm³/mol. The van der Waals surface area contributed by atoms with Gasteiger partial charge in [0.1, 0.15) is 17.1 Å². The average Bonchev–Trinajstić information content (AvgIpc) is 2.99. The molecule has 0 aliphatic carbocycles. The van der Waals surface area contributed by atoms with Crippen molar-refractivity contribution >= 4 is 11.0 Å². The molecule has 0 amide bonds. The Morgan fingerprint density at radius 2 is 1.76 bits per heavy atom. The van der Waals surface area contributed by atoms with Crippen molar-refractivity contribution in [1.82, 2.24) is 0 Å². The first-order valence-electron chi connectivity index (χ1n) is 6.61. The Hall–Kier alpha value is -2.46. The van der Waals surface area contributed by atoms with E-state index in [2.05, 4.69) is 0 Å². The molecule has 0 aliphatic rings. The monoisotopic (exact) mass is 284 g/mol. The summed E-state index contributed by atoms with van der Waals surface area (Å²) in [6.45, 7) is -0.161. The Kier molecular flexibility index (Phi) is 3.54. The fourth-order valence-electron chi connectivity index (χ4n) is 2.54. The number of aliphatic hydroxyl groups is 1. The predicted octanol–water partition coefficient (Wildman–Crippen LogP) is 3.61. The summed E-state index contributed by atoms with van der Waals surface area (Å²) in [5, 5.41) is 10.5. The van der Waals surface area contributed by atoms with Crippen LogP contribution in [0.25, 0.3) is 22.1 Å². The quantitative estimate of drug-likeness (QED) is 0.795. The van der Waals surface area contributed by atoms with Crippen molar-refractivity contribution in [2.24, 2.45) is 0 Å². The molecular formula is C17H16O4. The number of benzene rings is 2. The van der Waals surface area contributed by atoms with Crippen molar-refractivity contribution in [3.05, 3.63) is 48.2 Å². The van der Waals surface area contributed by atoms with E-state index in [1.54, 1.807) is 26.5 Å². The number of ether oxygens (including phenoxy) is 2. The summed E-state index contributed by atoms with van der Waals surface area (Å²) in [5.41, 5.74) is 3.17. The highest BCUT2D eigenvalue weighted by Crippen LogP contribution is 2.42. The van der Waals surface area contributed by atoms with E-state index in [1.165, 1.54) is 0 Å². The standard InChI is InChI=1S/C17H16O4/c1-19-14-8-15(20-2)16-13(11-6-4-3-5-7-11)10-21-17(16)12(14)9-18/h3-8,10,18H,9H2,1-2H3. The van der Waals surface area contributed by atoms with E-state index >= 15 is 0 Å². The van der Waals surface area contributed by atoms with Crippen LogP contribution in [0.5, 0.6) is 11.5 Å². The number of hydrogen-bond acceptors (Lipinski definition) is 4. The lowest BCUT2D eigenvalue weighted by molar-refractivity contribution is 0.273. The first-order chi connectivity index (χ1) is 10.3. The summed E-state index contributed by atoms with van der Waals surface area (Å²) in [6, 6.07) is 11.7. The molecular weight excluding hydrogens is 268 g/mol. The van der Waals surface area contributed by atoms with Gasteiger partial charge in [0.25, 0.3) is 0 Å². The molecule has 0 atom stereocenters. The third-order valence-corrected chi connectivity index (χ3v) is 3.55. The summed E-state index contributed by atoms with van der Waals surface area (Å²) in [7, 11) is 3.16. The number of methoxy groups -OCH3 is 2. The maximum atomic E-state index is 9.61. The Bertz CT molecular complexity index is 759. The van der Waals surface area contributed by atoms with E-state index in [4.69, 9.17) is 13.9 Å². The molecule has 4 heteroatoms. The minimum atomic E-state index is -0.161. The van der Waals surface area contributed by atoms with Crippen LogP contribution in [0.4, 0.5) is 0 Å². The van der Waals surface area contributed by atoms with Crippen LogP contribution in [0.15, 0.2) is 47.1 Å². The van der Waals surface area contributed by atoms with Crippen molar-refractivity contribution in [1.29, 1.82) is 0 Å². The number of fused-ring (bicyclic) bond motifs is 1. The number of rotatable bonds is 4. The first-order valence-corrected chi connectivity index (χ1v) is 6.61. The van der Waals surface area contributed by atoms with Crippen molar-refractivity contribution in [2.75, 3.05) is 14.2 Å². The van der Waals surface area contributed by atoms with Crippen LogP contribution in [-0.2, 0) is 6.61 Å². The van der Waals surface area contributed by atoms with Crippen LogP contribution in [0.2, 0.25) is 0 Å². The van der Waals surface area contributed by atoms with Crippen LogP contribution in [0, 0.1) is 0 Å². The molecule has 0 fully saturated rings. The Morgan fingerprint density at radius 1 is 1.05 bits per heavy atom. The highest BCUT2D eigenvalue weighted by Gasteiger charge is 2.20. The van der Waals surface area contributed by atoms with E-state index in [-0.39, 0.29) is 6.61 Å². The van der Waals surface area contributed by atoms with Gasteiger partial charge in [-0.25, -0.2) is 0 Å². The molecule has 1 heterocycles. The molecule has 21 heavy (non-hydrogen) atoms. The SMILES string of the molecule is COc1cc(OC)c2c(-c3ccccc3)coc2c1CO. The first kappa shape index (κ1) is 13.5. The van der Waals surface area contributed by atoms with Crippen molar-refractivity contribution < 1.29 is 19.0 Å². The van der Waals surface area contributed by atoms with Gasteiger partial charge in [-0.15, -0.1) is 0 Å². The van der Waals surface area contributed by atoms with E-state index in [9.17, 15) is 5.11 Å². The van der Waals surface area contributed by atoms with Gasteiger partial charge in [0.05, 0.1) is 38.0 Å². The molecule has 0 radical (unpaired) electrons. The molecule has 108 valence electrons. The minimum Gasteiger partial charge on any atom is -0.496 e. The lowest BCUT2D eigenvalue weighted by Crippen LogP contribution is -1.95. The van der Waals surface area contributed by atoms with Crippen LogP contribution in [-0.4, -0.2) is 19.3 Å². The molecule has 3 aromatic rings. The van der Waals surface area contributed by atoms with Gasteiger partial charge in [0.15, 0.2) is 0 Å². The fraction of sp³-hybridized carbons (Fsp3) is 0.176. The van der Waals surface area contributed by atoms with Crippen molar-refractivity contribution in [3.8, 4) is 22.6 Å². The summed E-state index contributed by atoms with van der Waals surface area (Å²) < 4.78 is 16.5. The summed E-state index contributed by atoms with van der Waals surface area (Å²) in [4.78, 5) is 0. The Morgan fingerprint density at radius 3 is 2.38 bits per heavy atom. The lowest BCUT2D eigenvalue weighted by atomic mass is 10.0. The van der Waals surface area contributed by atoms with Crippen molar-refractivity contribution in [2.45, 2.75) is 6.61 Å². The zero-order valence-corrected chi connectivity index (χ0v) is 11.9. The summed E-state index contributed by atoms with van der Waals surface area (Å²) >= 11 is 0. The van der Waals surface area contributed by atoms with E-state index in [0.717, 1.165) is 16.5 Å². The molecule has 0 bridgehead atoms. The zero-order chi connectivity index (χ0) is 14.8. The molecule has 0 aliphatic heterocycles. The smallest absolute Gasteiger partial charge is 0.147 e. The van der Waals surface area contributed by atoms with Gasteiger partial charge >= 0.3 is 0 Å². The molecule has 1 N–H and O–H groups in total. The maximum absolute atomic E-state index is 9.61. The molecule has 1 aromatic heterocycles. The summed E-state index contributed by atoms with van der Waals surface area (Å²) in [5.74, 6) is 1.21. The third-order valence-electron chi connectivity index (χ3n) is 3.55. The van der Waals surface area contributed by atoms with Crippen molar-refractivity contribution in [3.63, 3.8) is 0 Å². The van der Waals surface area contributed by atoms with Gasteiger partial charge in [0.2, 0.25) is 0 Å². The van der Waals surface area contributed by atoms with Crippen LogP contribution in [0.3, 0.4) is 0 Å². The van der Waals surface area contributed by atoms with E-state index in [1.807, 2.05) is 30.3 Å². The molecule has 4 nitrogen and oxygen atoms in total. The van der Waals surface area contributed by atoms with Gasteiger partial charge < -0.3 is 19.0 Å². The highest BCUT2D eigenvalue weighted by molar-refractivity contribution is 6.01. The average molecular weight is 284 g/mol. The molecule has 3 rings (SSSR count).